The SMILES string of the molecule is NC(=O)NCC(=O)OCCO. The van der Waals surface area contributed by atoms with E-state index in [9.17, 15) is 9.59 Å². The van der Waals surface area contributed by atoms with Gasteiger partial charge < -0.3 is 20.9 Å². The number of hydrogen-bond acceptors (Lipinski definition) is 4. The summed E-state index contributed by atoms with van der Waals surface area (Å²) in [5, 5.41) is 10.2. The van der Waals surface area contributed by atoms with Gasteiger partial charge in [-0.1, -0.05) is 0 Å². The van der Waals surface area contributed by atoms with Crippen molar-refractivity contribution >= 4 is 12.0 Å². The van der Waals surface area contributed by atoms with Gasteiger partial charge in [0.15, 0.2) is 0 Å². The molecule has 0 spiro atoms. The summed E-state index contributed by atoms with van der Waals surface area (Å²) in [6, 6.07) is -0.786. The van der Waals surface area contributed by atoms with E-state index >= 15 is 0 Å². The summed E-state index contributed by atoms with van der Waals surface area (Å²) < 4.78 is 4.38. The minimum absolute atomic E-state index is 0.0702. The fraction of sp³-hybridized carbons (Fsp3) is 0.600. The predicted octanol–water partition coefficient (Wildman–Crippen LogP) is -1.81. The lowest BCUT2D eigenvalue weighted by atomic mass is 10.6. The fourth-order valence-electron chi connectivity index (χ4n) is 0.370. The smallest absolute Gasteiger partial charge is 0.325 e. The summed E-state index contributed by atoms with van der Waals surface area (Å²) in [5.74, 6) is -0.627. The molecule has 6 heteroatoms. The van der Waals surface area contributed by atoms with Crippen LogP contribution in [0.1, 0.15) is 0 Å². The zero-order valence-corrected chi connectivity index (χ0v) is 5.87. The number of hydrogen-bond donors (Lipinski definition) is 3. The highest BCUT2D eigenvalue weighted by atomic mass is 16.5. The molecule has 0 bridgehead atoms. The van der Waals surface area contributed by atoms with Gasteiger partial charge in [0.2, 0.25) is 0 Å². The van der Waals surface area contributed by atoms with Gasteiger partial charge in [0.05, 0.1) is 6.61 Å². The number of esters is 1. The number of aliphatic hydroxyl groups is 1. The van der Waals surface area contributed by atoms with E-state index in [1.165, 1.54) is 0 Å². The predicted molar refractivity (Wildman–Crippen MR) is 35.6 cm³/mol. The molecule has 11 heavy (non-hydrogen) atoms. The van der Waals surface area contributed by atoms with Gasteiger partial charge in [-0.25, -0.2) is 4.79 Å². The van der Waals surface area contributed by atoms with Crippen LogP contribution in [0.25, 0.3) is 0 Å². The molecule has 0 aliphatic rings. The molecule has 0 aromatic carbocycles. The van der Waals surface area contributed by atoms with E-state index in [0.29, 0.717) is 0 Å². The van der Waals surface area contributed by atoms with Crippen molar-refractivity contribution in [2.75, 3.05) is 19.8 Å². The molecule has 0 atom stereocenters. The summed E-state index contributed by atoms with van der Waals surface area (Å²) in [7, 11) is 0. The van der Waals surface area contributed by atoms with Crippen LogP contribution in [0.4, 0.5) is 4.79 Å². The molecule has 0 aromatic rings. The van der Waals surface area contributed by atoms with Crippen LogP contribution >= 0.6 is 0 Å². The van der Waals surface area contributed by atoms with Crippen molar-refractivity contribution in [3.05, 3.63) is 0 Å². The molecule has 0 fully saturated rings. The molecule has 0 aromatic heterocycles. The second-order valence-corrected chi connectivity index (χ2v) is 1.66. The molecule has 0 rings (SSSR count). The van der Waals surface area contributed by atoms with Crippen molar-refractivity contribution in [1.82, 2.24) is 5.32 Å². The first-order valence-corrected chi connectivity index (χ1v) is 2.96. The van der Waals surface area contributed by atoms with E-state index in [2.05, 4.69) is 10.5 Å². The maximum absolute atomic E-state index is 10.5. The lowest BCUT2D eigenvalue weighted by molar-refractivity contribution is -0.143. The highest BCUT2D eigenvalue weighted by Gasteiger charge is 2.01. The van der Waals surface area contributed by atoms with Crippen molar-refractivity contribution in [2.24, 2.45) is 5.73 Å². The molecule has 0 saturated heterocycles. The van der Waals surface area contributed by atoms with Crippen LogP contribution in [0.15, 0.2) is 0 Å². The van der Waals surface area contributed by atoms with E-state index in [1.54, 1.807) is 0 Å². The molecule has 2 amide bonds. The number of amides is 2. The molecule has 4 N–H and O–H groups in total. The van der Waals surface area contributed by atoms with Gasteiger partial charge in [-0.3, -0.25) is 4.79 Å². The maximum atomic E-state index is 10.5. The number of carbonyl (C=O) groups is 2. The molecule has 0 aliphatic carbocycles. The molecule has 0 aliphatic heterocycles. The summed E-state index contributed by atoms with van der Waals surface area (Å²) in [6.07, 6.45) is 0. The van der Waals surface area contributed by atoms with Gasteiger partial charge in [0.25, 0.3) is 0 Å². The Hall–Kier alpha value is -1.30. The number of nitrogens with two attached hydrogens (primary N) is 1. The Morgan fingerprint density at radius 3 is 2.64 bits per heavy atom. The van der Waals surface area contributed by atoms with Crippen LogP contribution in [0.3, 0.4) is 0 Å². The topological polar surface area (TPSA) is 102 Å². The maximum Gasteiger partial charge on any atom is 0.325 e. The van der Waals surface area contributed by atoms with E-state index in [1.807, 2.05) is 5.32 Å². The molecule has 0 unspecified atom stereocenters. The van der Waals surface area contributed by atoms with Crippen molar-refractivity contribution < 1.29 is 19.4 Å². The lowest BCUT2D eigenvalue weighted by Gasteiger charge is -2.01. The second kappa shape index (κ2) is 5.48. The first-order chi connectivity index (χ1) is 5.16. The minimum Gasteiger partial charge on any atom is -0.462 e. The monoisotopic (exact) mass is 162 g/mol. The van der Waals surface area contributed by atoms with Crippen molar-refractivity contribution in [2.45, 2.75) is 0 Å². The Labute approximate surface area is 63.3 Å². The van der Waals surface area contributed by atoms with Gasteiger partial charge in [-0.05, 0) is 0 Å². The van der Waals surface area contributed by atoms with Crippen LogP contribution in [-0.2, 0) is 9.53 Å². The van der Waals surface area contributed by atoms with Crippen LogP contribution in [0, 0.1) is 0 Å². The Bertz CT molecular complexity index is 147. The van der Waals surface area contributed by atoms with Crippen LogP contribution < -0.4 is 11.1 Å². The molecule has 64 valence electrons. The zero-order valence-electron chi connectivity index (χ0n) is 5.87. The van der Waals surface area contributed by atoms with Crippen molar-refractivity contribution in [3.8, 4) is 0 Å². The number of rotatable bonds is 4. The van der Waals surface area contributed by atoms with Crippen molar-refractivity contribution in [1.29, 1.82) is 0 Å². The average molecular weight is 162 g/mol. The number of ether oxygens (including phenoxy) is 1. The standard InChI is InChI=1S/C5H10N2O4/c6-5(10)7-3-4(9)11-2-1-8/h8H,1-3H2,(H3,6,7,10). The summed E-state index contributed by atoms with van der Waals surface area (Å²) in [6.45, 7) is -0.573. The van der Waals surface area contributed by atoms with Gasteiger partial charge in [0, 0.05) is 0 Å². The molecule has 6 nitrogen and oxygen atoms in total. The third kappa shape index (κ3) is 6.59. The highest BCUT2D eigenvalue weighted by Crippen LogP contribution is 1.74. The van der Waals surface area contributed by atoms with Gasteiger partial charge in [-0.15, -0.1) is 0 Å². The molecular weight excluding hydrogens is 152 g/mol. The lowest BCUT2D eigenvalue weighted by Crippen LogP contribution is -2.34. The molecular formula is C5H10N2O4. The van der Waals surface area contributed by atoms with E-state index in [-0.39, 0.29) is 19.8 Å². The average Bonchev–Trinajstić information content (AvgIpc) is 1.97. The molecule has 0 saturated carbocycles. The minimum atomic E-state index is -0.786. The number of aliphatic hydroxyl groups excluding tert-OH is 1. The largest absolute Gasteiger partial charge is 0.462 e. The molecule has 0 heterocycles. The first-order valence-electron chi connectivity index (χ1n) is 2.96. The Morgan fingerprint density at radius 1 is 1.55 bits per heavy atom. The number of carbonyl (C=O) groups excluding carboxylic acids is 2. The third-order valence-corrected chi connectivity index (χ3v) is 0.761. The van der Waals surface area contributed by atoms with Gasteiger partial charge >= 0.3 is 12.0 Å². The highest BCUT2D eigenvalue weighted by molar-refractivity contribution is 5.79. The van der Waals surface area contributed by atoms with Crippen LogP contribution in [0.5, 0.6) is 0 Å². The normalized spacial score (nSPS) is 8.82. The number of urea groups is 1. The summed E-state index contributed by atoms with van der Waals surface area (Å²) in [4.78, 5) is 20.5. The zero-order chi connectivity index (χ0) is 8.69. The fourth-order valence-corrected chi connectivity index (χ4v) is 0.370. The van der Waals surface area contributed by atoms with Crippen molar-refractivity contribution in [3.63, 3.8) is 0 Å². The van der Waals surface area contributed by atoms with Crippen LogP contribution in [-0.4, -0.2) is 36.9 Å². The van der Waals surface area contributed by atoms with Gasteiger partial charge in [0.1, 0.15) is 13.2 Å². The van der Waals surface area contributed by atoms with E-state index < -0.39 is 12.0 Å². The number of nitrogens with one attached hydrogen (secondary N) is 1. The summed E-state index contributed by atoms with van der Waals surface area (Å²) in [5.41, 5.74) is 4.66. The first kappa shape index (κ1) is 9.70. The summed E-state index contributed by atoms with van der Waals surface area (Å²) >= 11 is 0. The molecule has 0 radical (unpaired) electrons. The van der Waals surface area contributed by atoms with Crippen LogP contribution in [0.2, 0.25) is 0 Å². The Balaban J connectivity index is 3.30. The van der Waals surface area contributed by atoms with E-state index in [4.69, 9.17) is 5.11 Å². The quantitative estimate of drug-likeness (QED) is 0.424. The van der Waals surface area contributed by atoms with Gasteiger partial charge in [-0.2, -0.15) is 0 Å². The second-order valence-electron chi connectivity index (χ2n) is 1.66. The van der Waals surface area contributed by atoms with E-state index in [0.717, 1.165) is 0 Å². The Morgan fingerprint density at radius 2 is 2.18 bits per heavy atom. The Kier molecular flexibility index (Phi) is 4.83. The number of primary amides is 1. The third-order valence-electron chi connectivity index (χ3n) is 0.761.